The van der Waals surface area contributed by atoms with Gasteiger partial charge in [0.25, 0.3) is 0 Å². The maximum Gasteiger partial charge on any atom is 0.130 e. The molecule has 0 radical (unpaired) electrons. The highest BCUT2D eigenvalue weighted by Crippen LogP contribution is 2.27. The van der Waals surface area contributed by atoms with Crippen molar-refractivity contribution in [2.45, 2.75) is 13.0 Å². The van der Waals surface area contributed by atoms with Crippen molar-refractivity contribution in [2.24, 2.45) is 5.73 Å². The predicted octanol–water partition coefficient (Wildman–Crippen LogP) is 2.89. The number of fused-ring (bicyclic) bond motifs is 1. The fraction of sp³-hybridized carbons (Fsp3) is 0.188. The topological polar surface area (TPSA) is 53.1 Å². The smallest absolute Gasteiger partial charge is 0.130 e. The molecule has 3 rings (SSSR count). The van der Waals surface area contributed by atoms with Crippen molar-refractivity contribution in [2.75, 3.05) is 6.61 Å². The molecule has 108 valence electrons. The van der Waals surface area contributed by atoms with Crippen molar-refractivity contribution in [1.82, 2.24) is 9.78 Å². The summed E-state index contributed by atoms with van der Waals surface area (Å²) in [6.07, 6.45) is 1.75. The van der Waals surface area contributed by atoms with Gasteiger partial charge in [-0.2, -0.15) is 5.10 Å². The Balaban J connectivity index is 2.02. The first-order chi connectivity index (χ1) is 10.1. The number of ether oxygens (including phenoxy) is 1. The summed E-state index contributed by atoms with van der Waals surface area (Å²) in [4.78, 5) is 0. The van der Waals surface area contributed by atoms with E-state index in [0.29, 0.717) is 6.61 Å². The van der Waals surface area contributed by atoms with E-state index in [0.717, 1.165) is 22.3 Å². The Bertz CT molecular complexity index is 750. The SMILES string of the molecule is C[C@H](N)COc1cccc2c1cnn2-c1ccc(F)cc1. The van der Waals surface area contributed by atoms with Crippen molar-refractivity contribution in [3.8, 4) is 11.4 Å². The highest BCUT2D eigenvalue weighted by Gasteiger charge is 2.10. The maximum absolute atomic E-state index is 13.0. The van der Waals surface area contributed by atoms with Crippen molar-refractivity contribution >= 4 is 10.9 Å². The Morgan fingerprint density at radius 3 is 2.71 bits per heavy atom. The van der Waals surface area contributed by atoms with Gasteiger partial charge in [-0.3, -0.25) is 0 Å². The lowest BCUT2D eigenvalue weighted by Gasteiger charge is -2.10. The van der Waals surface area contributed by atoms with Crippen LogP contribution in [-0.2, 0) is 0 Å². The molecule has 2 N–H and O–H groups in total. The molecule has 0 saturated heterocycles. The zero-order valence-corrected chi connectivity index (χ0v) is 11.7. The largest absolute Gasteiger partial charge is 0.491 e. The van der Waals surface area contributed by atoms with Gasteiger partial charge in [-0.1, -0.05) is 6.07 Å². The van der Waals surface area contributed by atoms with Crippen molar-refractivity contribution in [1.29, 1.82) is 0 Å². The average molecular weight is 285 g/mol. The summed E-state index contributed by atoms with van der Waals surface area (Å²) in [5.41, 5.74) is 7.42. The predicted molar refractivity (Wildman–Crippen MR) is 80.2 cm³/mol. The summed E-state index contributed by atoms with van der Waals surface area (Å²) in [5.74, 6) is 0.481. The third-order valence-electron chi connectivity index (χ3n) is 3.15. The fourth-order valence-electron chi connectivity index (χ4n) is 2.16. The van der Waals surface area contributed by atoms with E-state index in [2.05, 4.69) is 5.10 Å². The van der Waals surface area contributed by atoms with Crippen molar-refractivity contribution in [3.05, 3.63) is 54.5 Å². The van der Waals surface area contributed by atoms with Gasteiger partial charge in [0.1, 0.15) is 18.2 Å². The molecule has 0 spiro atoms. The molecule has 21 heavy (non-hydrogen) atoms. The Kier molecular flexibility index (Phi) is 3.58. The number of nitrogens with two attached hydrogens (primary N) is 1. The minimum Gasteiger partial charge on any atom is -0.491 e. The molecular weight excluding hydrogens is 269 g/mol. The molecule has 4 nitrogen and oxygen atoms in total. The summed E-state index contributed by atoms with van der Waals surface area (Å²) >= 11 is 0. The maximum atomic E-state index is 13.0. The molecule has 0 fully saturated rings. The Labute approximate surface area is 121 Å². The van der Waals surface area contributed by atoms with E-state index in [4.69, 9.17) is 10.5 Å². The van der Waals surface area contributed by atoms with E-state index >= 15 is 0 Å². The van der Waals surface area contributed by atoms with Gasteiger partial charge in [0.05, 0.1) is 22.8 Å². The molecule has 1 atom stereocenters. The van der Waals surface area contributed by atoms with Crippen LogP contribution in [0.15, 0.2) is 48.7 Å². The van der Waals surface area contributed by atoms with E-state index in [9.17, 15) is 4.39 Å². The zero-order chi connectivity index (χ0) is 14.8. The summed E-state index contributed by atoms with van der Waals surface area (Å²) < 4.78 is 20.5. The van der Waals surface area contributed by atoms with Gasteiger partial charge >= 0.3 is 0 Å². The molecule has 2 aromatic carbocycles. The first-order valence-corrected chi connectivity index (χ1v) is 6.76. The molecule has 0 bridgehead atoms. The molecule has 5 heteroatoms. The van der Waals surface area contributed by atoms with Crippen LogP contribution in [0.1, 0.15) is 6.92 Å². The lowest BCUT2D eigenvalue weighted by Crippen LogP contribution is -2.23. The van der Waals surface area contributed by atoms with Crippen LogP contribution in [-0.4, -0.2) is 22.4 Å². The van der Waals surface area contributed by atoms with E-state index < -0.39 is 0 Å². The Morgan fingerprint density at radius 1 is 1.24 bits per heavy atom. The van der Waals surface area contributed by atoms with Crippen molar-refractivity contribution < 1.29 is 9.13 Å². The second-order valence-corrected chi connectivity index (χ2v) is 5.01. The number of aromatic nitrogens is 2. The van der Waals surface area contributed by atoms with Crippen LogP contribution in [0.5, 0.6) is 5.75 Å². The summed E-state index contributed by atoms with van der Waals surface area (Å²) in [7, 11) is 0. The number of hydrogen-bond donors (Lipinski definition) is 1. The summed E-state index contributed by atoms with van der Waals surface area (Å²) in [6.45, 7) is 2.34. The van der Waals surface area contributed by atoms with E-state index in [1.165, 1.54) is 12.1 Å². The lowest BCUT2D eigenvalue weighted by atomic mass is 10.2. The molecular formula is C16H16FN3O. The van der Waals surface area contributed by atoms with Crippen LogP contribution in [0.4, 0.5) is 4.39 Å². The lowest BCUT2D eigenvalue weighted by molar-refractivity contribution is 0.299. The highest BCUT2D eigenvalue weighted by atomic mass is 19.1. The minimum atomic E-state index is -0.267. The normalized spacial score (nSPS) is 12.5. The van der Waals surface area contributed by atoms with Crippen LogP contribution < -0.4 is 10.5 Å². The van der Waals surface area contributed by atoms with Crippen LogP contribution in [0.2, 0.25) is 0 Å². The number of nitrogens with zero attached hydrogens (tertiary/aromatic N) is 2. The molecule has 0 aliphatic rings. The van der Waals surface area contributed by atoms with Crippen LogP contribution in [0, 0.1) is 5.82 Å². The van der Waals surface area contributed by atoms with Gasteiger partial charge in [0.2, 0.25) is 0 Å². The Hall–Kier alpha value is -2.40. The average Bonchev–Trinajstić information content (AvgIpc) is 2.90. The first-order valence-electron chi connectivity index (χ1n) is 6.76. The molecule has 3 aromatic rings. The monoisotopic (exact) mass is 285 g/mol. The van der Waals surface area contributed by atoms with Crippen LogP contribution in [0.3, 0.4) is 0 Å². The number of hydrogen-bond acceptors (Lipinski definition) is 3. The number of benzene rings is 2. The van der Waals surface area contributed by atoms with Gasteiger partial charge in [-0.25, -0.2) is 9.07 Å². The molecule has 0 amide bonds. The summed E-state index contributed by atoms with van der Waals surface area (Å²) in [6, 6.07) is 11.9. The van der Waals surface area contributed by atoms with E-state index in [-0.39, 0.29) is 11.9 Å². The molecule has 0 aliphatic heterocycles. The van der Waals surface area contributed by atoms with Gasteiger partial charge in [0, 0.05) is 6.04 Å². The third kappa shape index (κ3) is 2.73. The molecule has 0 saturated carbocycles. The van der Waals surface area contributed by atoms with Crippen molar-refractivity contribution in [3.63, 3.8) is 0 Å². The van der Waals surface area contributed by atoms with Crippen LogP contribution >= 0.6 is 0 Å². The highest BCUT2D eigenvalue weighted by molar-refractivity contribution is 5.86. The quantitative estimate of drug-likeness (QED) is 0.802. The van der Waals surface area contributed by atoms with Gasteiger partial charge in [0.15, 0.2) is 0 Å². The van der Waals surface area contributed by atoms with E-state index in [1.807, 2.05) is 25.1 Å². The van der Waals surface area contributed by atoms with Crippen LogP contribution in [0.25, 0.3) is 16.6 Å². The molecule has 0 aliphatic carbocycles. The van der Waals surface area contributed by atoms with Gasteiger partial charge in [-0.05, 0) is 43.3 Å². The van der Waals surface area contributed by atoms with Gasteiger partial charge < -0.3 is 10.5 Å². The number of rotatable bonds is 4. The molecule has 1 aromatic heterocycles. The second-order valence-electron chi connectivity index (χ2n) is 5.01. The third-order valence-corrected chi connectivity index (χ3v) is 3.15. The van der Waals surface area contributed by atoms with E-state index in [1.54, 1.807) is 23.0 Å². The zero-order valence-electron chi connectivity index (χ0n) is 11.7. The fourth-order valence-corrected chi connectivity index (χ4v) is 2.16. The molecule has 1 heterocycles. The Morgan fingerprint density at radius 2 is 2.00 bits per heavy atom. The van der Waals surface area contributed by atoms with Gasteiger partial charge in [-0.15, -0.1) is 0 Å². The first kappa shape index (κ1) is 13.6. The second kappa shape index (κ2) is 5.54. The molecule has 0 unspecified atom stereocenters. The number of halogens is 1. The minimum absolute atomic E-state index is 0.0348. The summed E-state index contributed by atoms with van der Waals surface area (Å²) in [5, 5.41) is 5.27. The standard InChI is InChI=1S/C16H16FN3O/c1-11(18)10-21-16-4-2-3-15-14(16)9-19-20(15)13-7-5-12(17)6-8-13/h2-9,11H,10,18H2,1H3/t11-/m0/s1.